The first-order valence-corrected chi connectivity index (χ1v) is 5.97. The molecule has 106 valence electrons. The van der Waals surface area contributed by atoms with Crippen molar-refractivity contribution in [3.05, 3.63) is 59.8 Å². The zero-order valence-corrected chi connectivity index (χ0v) is 10.4. The summed E-state index contributed by atoms with van der Waals surface area (Å²) < 4.78 is 37.7. The standard InChI is InChI=1S/C14H13F3N2O/c15-14(16,17)11-5-3-4-10(8-11)12(20)9-19-13-6-1-2-7-18-13/h1-8,12,20H,9H2,(H,18,19). The van der Waals surface area contributed by atoms with E-state index in [1.807, 2.05) is 0 Å². The highest BCUT2D eigenvalue weighted by Gasteiger charge is 2.30. The molecule has 0 spiro atoms. The van der Waals surface area contributed by atoms with Crippen molar-refractivity contribution in [1.82, 2.24) is 4.98 Å². The topological polar surface area (TPSA) is 45.1 Å². The second-order valence-corrected chi connectivity index (χ2v) is 4.23. The minimum absolute atomic E-state index is 0.0817. The second-order valence-electron chi connectivity index (χ2n) is 4.23. The monoisotopic (exact) mass is 282 g/mol. The molecule has 0 bridgehead atoms. The van der Waals surface area contributed by atoms with Crippen LogP contribution in [0, 0.1) is 0 Å². The van der Waals surface area contributed by atoms with Gasteiger partial charge in [-0.05, 0) is 29.8 Å². The number of aromatic nitrogens is 1. The maximum absolute atomic E-state index is 12.6. The van der Waals surface area contributed by atoms with Gasteiger partial charge in [0.05, 0.1) is 11.7 Å². The molecule has 6 heteroatoms. The molecule has 0 amide bonds. The van der Waals surface area contributed by atoms with Crippen LogP contribution in [0.1, 0.15) is 17.2 Å². The second kappa shape index (κ2) is 5.92. The number of pyridine rings is 1. The van der Waals surface area contributed by atoms with Crippen LogP contribution >= 0.6 is 0 Å². The van der Waals surface area contributed by atoms with E-state index in [0.29, 0.717) is 5.82 Å². The molecule has 0 saturated heterocycles. The predicted octanol–water partition coefficient (Wildman–Crippen LogP) is 3.25. The molecule has 1 heterocycles. The third-order valence-electron chi connectivity index (χ3n) is 2.74. The number of benzene rings is 1. The Bertz CT molecular complexity index is 558. The van der Waals surface area contributed by atoms with E-state index in [9.17, 15) is 18.3 Å². The molecule has 1 aromatic heterocycles. The van der Waals surface area contributed by atoms with Crippen LogP contribution in [0.5, 0.6) is 0 Å². The molecule has 1 aromatic carbocycles. The van der Waals surface area contributed by atoms with E-state index >= 15 is 0 Å². The number of aliphatic hydroxyl groups excluding tert-OH is 1. The first kappa shape index (κ1) is 14.3. The normalized spacial score (nSPS) is 13.0. The molecule has 0 fully saturated rings. The zero-order chi connectivity index (χ0) is 14.6. The van der Waals surface area contributed by atoms with Crippen LogP contribution < -0.4 is 5.32 Å². The van der Waals surface area contributed by atoms with Gasteiger partial charge in [-0.25, -0.2) is 4.98 Å². The molecule has 0 saturated carbocycles. The van der Waals surface area contributed by atoms with Gasteiger partial charge in [-0.2, -0.15) is 13.2 Å². The van der Waals surface area contributed by atoms with E-state index in [2.05, 4.69) is 10.3 Å². The molecule has 0 aliphatic carbocycles. The summed E-state index contributed by atoms with van der Waals surface area (Å²) >= 11 is 0. The summed E-state index contributed by atoms with van der Waals surface area (Å²) in [6.07, 6.45) is -3.87. The van der Waals surface area contributed by atoms with Gasteiger partial charge in [0.2, 0.25) is 0 Å². The fraction of sp³-hybridized carbons (Fsp3) is 0.214. The lowest BCUT2D eigenvalue weighted by Crippen LogP contribution is -2.14. The van der Waals surface area contributed by atoms with E-state index < -0.39 is 17.8 Å². The van der Waals surface area contributed by atoms with Gasteiger partial charge in [-0.3, -0.25) is 0 Å². The van der Waals surface area contributed by atoms with Gasteiger partial charge in [-0.1, -0.05) is 18.2 Å². The lowest BCUT2D eigenvalue weighted by molar-refractivity contribution is -0.137. The Morgan fingerprint density at radius 2 is 1.95 bits per heavy atom. The van der Waals surface area contributed by atoms with E-state index in [1.165, 1.54) is 12.1 Å². The summed E-state index contributed by atoms with van der Waals surface area (Å²) in [4.78, 5) is 4.00. The fourth-order valence-electron chi connectivity index (χ4n) is 1.71. The Morgan fingerprint density at radius 3 is 2.60 bits per heavy atom. The van der Waals surface area contributed by atoms with Gasteiger partial charge in [0.25, 0.3) is 0 Å². The molecular formula is C14H13F3N2O. The number of rotatable bonds is 4. The highest BCUT2D eigenvalue weighted by atomic mass is 19.4. The Morgan fingerprint density at radius 1 is 1.15 bits per heavy atom. The summed E-state index contributed by atoms with van der Waals surface area (Å²) in [5, 5.41) is 12.8. The number of aliphatic hydroxyl groups is 1. The summed E-state index contributed by atoms with van der Waals surface area (Å²) in [6, 6.07) is 9.88. The molecule has 2 aromatic rings. The molecule has 0 aliphatic heterocycles. The van der Waals surface area contributed by atoms with Crippen LogP contribution in [-0.4, -0.2) is 16.6 Å². The van der Waals surface area contributed by atoms with E-state index in [1.54, 1.807) is 24.4 Å². The van der Waals surface area contributed by atoms with Crippen LogP contribution in [0.3, 0.4) is 0 Å². The highest BCUT2D eigenvalue weighted by molar-refractivity contribution is 5.34. The zero-order valence-electron chi connectivity index (χ0n) is 10.4. The van der Waals surface area contributed by atoms with E-state index in [4.69, 9.17) is 0 Å². The summed E-state index contributed by atoms with van der Waals surface area (Å²) in [5.41, 5.74) is -0.560. The molecule has 0 aliphatic rings. The van der Waals surface area contributed by atoms with Crippen LogP contribution in [0.15, 0.2) is 48.7 Å². The van der Waals surface area contributed by atoms with Gasteiger partial charge in [0, 0.05) is 12.7 Å². The van der Waals surface area contributed by atoms with Gasteiger partial charge in [0.1, 0.15) is 5.82 Å². The third-order valence-corrected chi connectivity index (χ3v) is 2.74. The SMILES string of the molecule is OC(CNc1ccccn1)c1cccc(C(F)(F)F)c1. The Balaban J connectivity index is 2.04. The Kier molecular flexibility index (Phi) is 4.24. The molecule has 3 nitrogen and oxygen atoms in total. The van der Waals surface area contributed by atoms with Crippen LogP contribution in [0.4, 0.5) is 19.0 Å². The maximum Gasteiger partial charge on any atom is 0.416 e. The number of nitrogens with one attached hydrogen (secondary N) is 1. The average Bonchev–Trinajstić information content (AvgIpc) is 2.45. The largest absolute Gasteiger partial charge is 0.416 e. The number of hydrogen-bond acceptors (Lipinski definition) is 3. The summed E-state index contributed by atoms with van der Waals surface area (Å²) in [6.45, 7) is 0.0817. The quantitative estimate of drug-likeness (QED) is 0.904. The minimum Gasteiger partial charge on any atom is -0.387 e. The van der Waals surface area contributed by atoms with Gasteiger partial charge >= 0.3 is 6.18 Å². The molecule has 2 rings (SSSR count). The molecular weight excluding hydrogens is 269 g/mol. The highest BCUT2D eigenvalue weighted by Crippen LogP contribution is 2.30. The van der Waals surface area contributed by atoms with Gasteiger partial charge in [0.15, 0.2) is 0 Å². The average molecular weight is 282 g/mol. The van der Waals surface area contributed by atoms with Gasteiger partial charge < -0.3 is 10.4 Å². The molecule has 20 heavy (non-hydrogen) atoms. The molecule has 0 radical (unpaired) electrons. The van der Waals surface area contributed by atoms with E-state index in [0.717, 1.165) is 12.1 Å². The first-order valence-electron chi connectivity index (χ1n) is 5.97. The fourth-order valence-corrected chi connectivity index (χ4v) is 1.71. The minimum atomic E-state index is -4.41. The summed E-state index contributed by atoms with van der Waals surface area (Å²) in [7, 11) is 0. The molecule has 1 unspecified atom stereocenters. The van der Waals surface area contributed by atoms with Crippen LogP contribution in [0.2, 0.25) is 0 Å². The number of halogens is 3. The number of nitrogens with zero attached hydrogens (tertiary/aromatic N) is 1. The smallest absolute Gasteiger partial charge is 0.387 e. The number of hydrogen-bond donors (Lipinski definition) is 2. The van der Waals surface area contributed by atoms with Crippen molar-refractivity contribution in [3.8, 4) is 0 Å². The molecule has 1 atom stereocenters. The first-order chi connectivity index (χ1) is 9.47. The summed E-state index contributed by atoms with van der Waals surface area (Å²) in [5.74, 6) is 0.554. The lowest BCUT2D eigenvalue weighted by Gasteiger charge is -2.14. The Hall–Kier alpha value is -2.08. The van der Waals surface area contributed by atoms with Crippen molar-refractivity contribution in [3.63, 3.8) is 0 Å². The molecule has 2 N–H and O–H groups in total. The van der Waals surface area contributed by atoms with Crippen molar-refractivity contribution >= 4 is 5.82 Å². The number of alkyl halides is 3. The Labute approximate surface area is 114 Å². The van der Waals surface area contributed by atoms with Crippen LogP contribution in [0.25, 0.3) is 0 Å². The van der Waals surface area contributed by atoms with Crippen molar-refractivity contribution in [2.45, 2.75) is 12.3 Å². The van der Waals surface area contributed by atoms with Gasteiger partial charge in [-0.15, -0.1) is 0 Å². The number of anilines is 1. The van der Waals surface area contributed by atoms with E-state index in [-0.39, 0.29) is 12.1 Å². The van der Waals surface area contributed by atoms with Crippen LogP contribution in [-0.2, 0) is 6.18 Å². The lowest BCUT2D eigenvalue weighted by atomic mass is 10.1. The third kappa shape index (κ3) is 3.71. The van der Waals surface area contributed by atoms with Crippen molar-refractivity contribution in [1.29, 1.82) is 0 Å². The van der Waals surface area contributed by atoms with Crippen molar-refractivity contribution in [2.24, 2.45) is 0 Å². The maximum atomic E-state index is 12.6. The van der Waals surface area contributed by atoms with Crippen molar-refractivity contribution < 1.29 is 18.3 Å². The van der Waals surface area contributed by atoms with Crippen molar-refractivity contribution in [2.75, 3.05) is 11.9 Å². The predicted molar refractivity (Wildman–Crippen MR) is 69.1 cm³/mol.